The Bertz CT molecular complexity index is 408. The Morgan fingerprint density at radius 2 is 1.95 bits per heavy atom. The largest absolute Gasteiger partial charge is 0.375 e. The Hall–Kier alpha value is -1.13. The van der Waals surface area contributed by atoms with Crippen molar-refractivity contribution < 1.29 is 4.74 Å². The van der Waals surface area contributed by atoms with Gasteiger partial charge in [0, 0.05) is 39.3 Å². The third-order valence-electron chi connectivity index (χ3n) is 4.28. The average Bonchev–Trinajstić information content (AvgIpc) is 3.31. The molecule has 1 unspecified atom stereocenters. The van der Waals surface area contributed by atoms with E-state index in [1.807, 2.05) is 13.1 Å². The predicted octanol–water partition coefficient (Wildman–Crippen LogP) is 2.07. The van der Waals surface area contributed by atoms with E-state index in [0.29, 0.717) is 0 Å². The number of pyridine rings is 1. The summed E-state index contributed by atoms with van der Waals surface area (Å²) in [5, 5.41) is 0. The van der Waals surface area contributed by atoms with Gasteiger partial charge in [0.05, 0.1) is 23.7 Å². The van der Waals surface area contributed by atoms with Gasteiger partial charge < -0.3 is 9.64 Å². The van der Waals surface area contributed by atoms with Gasteiger partial charge in [-0.15, -0.1) is 0 Å². The molecule has 1 aliphatic carbocycles. The minimum atomic E-state index is 0.0702. The normalized spacial score (nSPS) is 22.5. The number of anilines is 1. The first-order valence-corrected chi connectivity index (χ1v) is 7.25. The van der Waals surface area contributed by atoms with Crippen molar-refractivity contribution in [1.82, 2.24) is 9.88 Å². The van der Waals surface area contributed by atoms with Crippen molar-refractivity contribution >= 4 is 5.69 Å². The second-order valence-electron chi connectivity index (χ2n) is 5.57. The minimum absolute atomic E-state index is 0.0702. The lowest BCUT2D eigenvalue weighted by atomic mass is 10.2. The Balaban J connectivity index is 1.60. The summed E-state index contributed by atoms with van der Waals surface area (Å²) in [5.74, 6) is 0. The molecule has 104 valence electrons. The second-order valence-corrected chi connectivity index (χ2v) is 5.57. The molecule has 1 saturated heterocycles. The van der Waals surface area contributed by atoms with Crippen molar-refractivity contribution in [3.05, 3.63) is 24.0 Å². The van der Waals surface area contributed by atoms with Crippen LogP contribution in [0.3, 0.4) is 0 Å². The molecule has 0 radical (unpaired) electrons. The lowest BCUT2D eigenvalue weighted by Crippen LogP contribution is -2.47. The van der Waals surface area contributed by atoms with Crippen LogP contribution in [-0.4, -0.2) is 49.2 Å². The number of hydrogen-bond acceptors (Lipinski definition) is 4. The molecule has 2 aliphatic rings. The molecule has 0 bridgehead atoms. The number of aromatic nitrogens is 1. The van der Waals surface area contributed by atoms with Crippen LogP contribution in [0.15, 0.2) is 18.3 Å². The van der Waals surface area contributed by atoms with Gasteiger partial charge >= 0.3 is 0 Å². The molecule has 0 spiro atoms. The van der Waals surface area contributed by atoms with Gasteiger partial charge in [-0.1, -0.05) is 0 Å². The Kier molecular flexibility index (Phi) is 3.71. The Labute approximate surface area is 115 Å². The maximum Gasteiger partial charge on any atom is 0.0962 e. The smallest absolute Gasteiger partial charge is 0.0962 e. The zero-order valence-electron chi connectivity index (χ0n) is 11.9. The fourth-order valence-electron chi connectivity index (χ4n) is 2.73. The summed E-state index contributed by atoms with van der Waals surface area (Å²) in [6.07, 6.45) is 4.87. The van der Waals surface area contributed by atoms with Gasteiger partial charge in [-0.05, 0) is 31.9 Å². The number of nitrogens with zero attached hydrogens (tertiary/aromatic N) is 3. The quantitative estimate of drug-likeness (QED) is 0.829. The fraction of sp³-hybridized carbons (Fsp3) is 0.667. The van der Waals surface area contributed by atoms with Crippen LogP contribution >= 0.6 is 0 Å². The Morgan fingerprint density at radius 1 is 1.21 bits per heavy atom. The second kappa shape index (κ2) is 5.47. The monoisotopic (exact) mass is 261 g/mol. The zero-order chi connectivity index (χ0) is 13.2. The molecular formula is C15H23N3O. The van der Waals surface area contributed by atoms with E-state index in [4.69, 9.17) is 4.74 Å². The van der Waals surface area contributed by atoms with Gasteiger partial charge in [-0.3, -0.25) is 9.88 Å². The summed E-state index contributed by atoms with van der Waals surface area (Å²) in [6.45, 7) is 6.66. The number of ether oxygens (including phenoxy) is 1. The number of piperazine rings is 1. The van der Waals surface area contributed by atoms with Crippen molar-refractivity contribution in [2.24, 2.45) is 0 Å². The van der Waals surface area contributed by atoms with Crippen LogP contribution in [0.25, 0.3) is 0 Å². The summed E-state index contributed by atoms with van der Waals surface area (Å²) in [7, 11) is 1.72. The summed E-state index contributed by atoms with van der Waals surface area (Å²) >= 11 is 0. The third kappa shape index (κ3) is 2.90. The lowest BCUT2D eigenvalue weighted by molar-refractivity contribution is 0.116. The van der Waals surface area contributed by atoms with Crippen LogP contribution in [0.2, 0.25) is 0 Å². The molecule has 1 atom stereocenters. The van der Waals surface area contributed by atoms with Crippen LogP contribution in [0.1, 0.15) is 31.6 Å². The maximum atomic E-state index is 5.29. The molecule has 1 aromatic heterocycles. The lowest BCUT2D eigenvalue weighted by Gasteiger charge is -2.36. The van der Waals surface area contributed by atoms with Gasteiger partial charge in [0.15, 0.2) is 0 Å². The van der Waals surface area contributed by atoms with Crippen molar-refractivity contribution in [3.63, 3.8) is 0 Å². The molecular weight excluding hydrogens is 238 g/mol. The predicted molar refractivity (Wildman–Crippen MR) is 76.5 cm³/mol. The van der Waals surface area contributed by atoms with E-state index in [9.17, 15) is 0 Å². The molecule has 4 nitrogen and oxygen atoms in total. The van der Waals surface area contributed by atoms with E-state index in [1.54, 1.807) is 7.11 Å². The van der Waals surface area contributed by atoms with Crippen LogP contribution in [0.4, 0.5) is 5.69 Å². The first-order chi connectivity index (χ1) is 9.28. The molecule has 0 amide bonds. The van der Waals surface area contributed by atoms with Crippen molar-refractivity contribution in [2.75, 3.05) is 38.2 Å². The summed E-state index contributed by atoms with van der Waals surface area (Å²) in [5.41, 5.74) is 2.24. The maximum absolute atomic E-state index is 5.29. The summed E-state index contributed by atoms with van der Waals surface area (Å²) in [6, 6.07) is 5.15. The molecule has 1 aliphatic heterocycles. The molecule has 2 heterocycles. The van der Waals surface area contributed by atoms with Gasteiger partial charge in [-0.25, -0.2) is 0 Å². The van der Waals surface area contributed by atoms with Crippen molar-refractivity contribution in [3.8, 4) is 0 Å². The fourth-order valence-corrected chi connectivity index (χ4v) is 2.73. The van der Waals surface area contributed by atoms with Crippen LogP contribution < -0.4 is 4.90 Å². The van der Waals surface area contributed by atoms with E-state index < -0.39 is 0 Å². The first kappa shape index (κ1) is 12.9. The molecule has 19 heavy (non-hydrogen) atoms. The minimum Gasteiger partial charge on any atom is -0.375 e. The van der Waals surface area contributed by atoms with Crippen molar-refractivity contribution in [1.29, 1.82) is 0 Å². The van der Waals surface area contributed by atoms with Gasteiger partial charge in [0.2, 0.25) is 0 Å². The molecule has 3 rings (SSSR count). The van der Waals surface area contributed by atoms with Crippen molar-refractivity contribution in [2.45, 2.75) is 31.9 Å². The Morgan fingerprint density at radius 3 is 2.47 bits per heavy atom. The average molecular weight is 261 g/mol. The molecule has 0 aromatic carbocycles. The molecule has 2 fully saturated rings. The van der Waals surface area contributed by atoms with Crippen LogP contribution in [0, 0.1) is 0 Å². The summed E-state index contributed by atoms with van der Waals surface area (Å²) < 4.78 is 5.29. The van der Waals surface area contributed by atoms with Gasteiger partial charge in [-0.2, -0.15) is 0 Å². The molecule has 4 heteroatoms. The van der Waals surface area contributed by atoms with E-state index in [1.165, 1.54) is 31.6 Å². The van der Waals surface area contributed by atoms with Crippen LogP contribution in [-0.2, 0) is 4.74 Å². The van der Waals surface area contributed by atoms with Gasteiger partial charge in [0.25, 0.3) is 0 Å². The first-order valence-electron chi connectivity index (χ1n) is 7.25. The third-order valence-corrected chi connectivity index (χ3v) is 4.28. The number of hydrogen-bond donors (Lipinski definition) is 0. The number of methoxy groups -OCH3 is 1. The van der Waals surface area contributed by atoms with E-state index in [2.05, 4.69) is 26.9 Å². The SMILES string of the molecule is COC(C)c1ccc(N2CCN(C3CC3)CC2)cn1. The van der Waals surface area contributed by atoms with Crippen LogP contribution in [0.5, 0.6) is 0 Å². The van der Waals surface area contributed by atoms with Gasteiger partial charge in [0.1, 0.15) is 0 Å². The number of rotatable bonds is 4. The highest BCUT2D eigenvalue weighted by atomic mass is 16.5. The van der Waals surface area contributed by atoms with E-state index >= 15 is 0 Å². The molecule has 0 N–H and O–H groups in total. The zero-order valence-corrected chi connectivity index (χ0v) is 11.9. The molecule has 1 aromatic rings. The highest BCUT2D eigenvalue weighted by Crippen LogP contribution is 2.28. The van der Waals surface area contributed by atoms with E-state index in [-0.39, 0.29) is 6.10 Å². The summed E-state index contributed by atoms with van der Waals surface area (Å²) in [4.78, 5) is 9.58. The topological polar surface area (TPSA) is 28.6 Å². The highest BCUT2D eigenvalue weighted by Gasteiger charge is 2.31. The van der Waals surface area contributed by atoms with E-state index in [0.717, 1.165) is 24.8 Å². The highest BCUT2D eigenvalue weighted by molar-refractivity contribution is 5.45. The molecule has 1 saturated carbocycles. The standard InChI is InChI=1S/C15H23N3O/c1-12(19-2)15-6-5-14(11-16-15)18-9-7-17(8-10-18)13-3-4-13/h5-6,11-13H,3-4,7-10H2,1-2H3.